The molecule has 4 heteroatoms. The van der Waals surface area contributed by atoms with Gasteiger partial charge in [-0.2, -0.15) is 0 Å². The van der Waals surface area contributed by atoms with E-state index in [0.717, 1.165) is 12.8 Å². The Morgan fingerprint density at radius 1 is 0.750 bits per heavy atom. The summed E-state index contributed by atoms with van der Waals surface area (Å²) in [7, 11) is 0. The van der Waals surface area contributed by atoms with Crippen molar-refractivity contribution in [3.05, 3.63) is 35.4 Å². The van der Waals surface area contributed by atoms with Crippen molar-refractivity contribution in [1.29, 1.82) is 0 Å². The van der Waals surface area contributed by atoms with Crippen molar-refractivity contribution < 1.29 is 9.59 Å². The summed E-state index contributed by atoms with van der Waals surface area (Å²) < 4.78 is 0. The van der Waals surface area contributed by atoms with Crippen molar-refractivity contribution in [3.63, 3.8) is 0 Å². The quantitative estimate of drug-likeness (QED) is 0.755. The van der Waals surface area contributed by atoms with Crippen molar-refractivity contribution in [2.45, 2.75) is 66.5 Å². The molecular formula is C20H32N2O2. The van der Waals surface area contributed by atoms with Crippen molar-refractivity contribution in [2.24, 2.45) is 11.8 Å². The van der Waals surface area contributed by atoms with Crippen LogP contribution < -0.4 is 10.6 Å². The predicted molar refractivity (Wildman–Crippen MR) is 99.2 cm³/mol. The maximum absolute atomic E-state index is 12.5. The summed E-state index contributed by atoms with van der Waals surface area (Å²) in [4.78, 5) is 25.1. The van der Waals surface area contributed by atoms with Gasteiger partial charge in [-0.1, -0.05) is 39.8 Å². The largest absolute Gasteiger partial charge is 0.350 e. The Kier molecular flexibility index (Phi) is 7.96. The molecule has 0 fully saturated rings. The first-order chi connectivity index (χ1) is 11.2. The number of hydrogen-bond donors (Lipinski definition) is 2. The average Bonchev–Trinajstić information content (AvgIpc) is 2.45. The second-order valence-corrected chi connectivity index (χ2v) is 7.55. The van der Waals surface area contributed by atoms with Crippen LogP contribution in [0.4, 0.5) is 0 Å². The number of carbonyl (C=O) groups is 2. The molecule has 1 aromatic rings. The summed E-state index contributed by atoms with van der Waals surface area (Å²) >= 11 is 0. The van der Waals surface area contributed by atoms with E-state index < -0.39 is 0 Å². The van der Waals surface area contributed by atoms with Gasteiger partial charge in [0.2, 0.25) is 0 Å². The van der Waals surface area contributed by atoms with Crippen LogP contribution in [0.5, 0.6) is 0 Å². The first-order valence-corrected chi connectivity index (χ1v) is 8.91. The third-order valence-electron chi connectivity index (χ3n) is 3.82. The highest BCUT2D eigenvalue weighted by Gasteiger charge is 2.19. The topological polar surface area (TPSA) is 58.2 Å². The molecule has 0 saturated heterocycles. The minimum atomic E-state index is -0.189. The van der Waals surface area contributed by atoms with Gasteiger partial charge in [0.25, 0.3) is 11.8 Å². The third-order valence-corrected chi connectivity index (χ3v) is 3.82. The fraction of sp³-hybridized carbons (Fsp3) is 0.600. The van der Waals surface area contributed by atoms with Gasteiger partial charge < -0.3 is 10.6 Å². The Morgan fingerprint density at radius 3 is 1.38 bits per heavy atom. The highest BCUT2D eigenvalue weighted by molar-refractivity contribution is 6.07. The molecule has 0 aliphatic rings. The minimum absolute atomic E-state index is 0.0773. The van der Waals surface area contributed by atoms with Gasteiger partial charge in [-0.15, -0.1) is 0 Å². The normalized spacial score (nSPS) is 13.7. The molecule has 0 unspecified atom stereocenters. The highest BCUT2D eigenvalue weighted by Crippen LogP contribution is 2.12. The molecule has 2 N–H and O–H groups in total. The third kappa shape index (κ3) is 6.73. The van der Waals surface area contributed by atoms with E-state index in [2.05, 4.69) is 38.3 Å². The van der Waals surface area contributed by atoms with Crippen LogP contribution >= 0.6 is 0 Å². The second-order valence-electron chi connectivity index (χ2n) is 7.55. The molecule has 0 saturated carbocycles. The molecule has 0 aliphatic carbocycles. The maximum atomic E-state index is 12.5. The summed E-state index contributed by atoms with van der Waals surface area (Å²) in [5.41, 5.74) is 0.865. The molecular weight excluding hydrogens is 300 g/mol. The zero-order valence-electron chi connectivity index (χ0n) is 15.8. The smallest absolute Gasteiger partial charge is 0.252 e. The second kappa shape index (κ2) is 9.45. The van der Waals surface area contributed by atoms with E-state index in [-0.39, 0.29) is 23.9 Å². The lowest BCUT2D eigenvalue weighted by atomic mass is 10.0. The Labute approximate surface area is 146 Å². The zero-order valence-corrected chi connectivity index (χ0v) is 15.8. The lowest BCUT2D eigenvalue weighted by Gasteiger charge is -2.19. The van der Waals surface area contributed by atoms with Gasteiger partial charge in [-0.3, -0.25) is 9.59 Å². The molecule has 0 aromatic heterocycles. The molecule has 0 aliphatic heterocycles. The summed E-state index contributed by atoms with van der Waals surface area (Å²) in [5.74, 6) is 0.641. The van der Waals surface area contributed by atoms with Gasteiger partial charge in [0.05, 0.1) is 11.1 Å². The zero-order chi connectivity index (χ0) is 18.3. The number of carbonyl (C=O) groups excluding carboxylic acids is 2. The summed E-state index contributed by atoms with van der Waals surface area (Å²) in [5, 5.41) is 5.98. The molecule has 0 radical (unpaired) electrons. The van der Waals surface area contributed by atoms with Gasteiger partial charge in [0.1, 0.15) is 0 Å². The molecule has 134 valence electrons. The SMILES string of the molecule is CC(C)C[C@@H](C)NC(=O)c1ccccc1C(=O)N[C@H](C)CC(C)C. The highest BCUT2D eigenvalue weighted by atomic mass is 16.2. The minimum Gasteiger partial charge on any atom is -0.350 e. The monoisotopic (exact) mass is 332 g/mol. The average molecular weight is 332 g/mol. The van der Waals surface area contributed by atoms with E-state index in [1.54, 1.807) is 24.3 Å². The molecule has 0 bridgehead atoms. The van der Waals surface area contributed by atoms with Gasteiger partial charge in [-0.25, -0.2) is 0 Å². The van der Waals surface area contributed by atoms with Crippen molar-refractivity contribution >= 4 is 11.8 Å². The fourth-order valence-electron chi connectivity index (χ4n) is 3.01. The van der Waals surface area contributed by atoms with E-state index in [1.165, 1.54) is 0 Å². The van der Waals surface area contributed by atoms with Gasteiger partial charge in [-0.05, 0) is 50.7 Å². The first-order valence-electron chi connectivity index (χ1n) is 8.91. The fourth-order valence-corrected chi connectivity index (χ4v) is 3.01. The summed E-state index contributed by atoms with van der Waals surface area (Å²) in [6, 6.07) is 7.15. The first kappa shape index (κ1) is 20.2. The molecule has 24 heavy (non-hydrogen) atoms. The number of hydrogen-bond acceptors (Lipinski definition) is 2. The van der Waals surface area contributed by atoms with E-state index >= 15 is 0 Å². The lowest BCUT2D eigenvalue weighted by Crippen LogP contribution is -2.37. The number of benzene rings is 1. The molecule has 0 heterocycles. The van der Waals surface area contributed by atoms with Crippen LogP contribution in [0.1, 0.15) is 75.1 Å². The van der Waals surface area contributed by atoms with Crippen LogP contribution in [0.25, 0.3) is 0 Å². The Morgan fingerprint density at radius 2 is 1.08 bits per heavy atom. The molecule has 1 aromatic carbocycles. The number of nitrogens with one attached hydrogen (secondary N) is 2. The van der Waals surface area contributed by atoms with E-state index in [1.807, 2.05) is 13.8 Å². The molecule has 2 amide bonds. The van der Waals surface area contributed by atoms with Crippen LogP contribution in [0.15, 0.2) is 24.3 Å². The van der Waals surface area contributed by atoms with Gasteiger partial charge in [0, 0.05) is 12.1 Å². The number of rotatable bonds is 8. The lowest BCUT2D eigenvalue weighted by molar-refractivity contribution is 0.0901. The van der Waals surface area contributed by atoms with E-state index in [4.69, 9.17) is 0 Å². The van der Waals surface area contributed by atoms with E-state index in [0.29, 0.717) is 23.0 Å². The van der Waals surface area contributed by atoms with Crippen LogP contribution in [0.3, 0.4) is 0 Å². The van der Waals surface area contributed by atoms with Crippen molar-refractivity contribution in [2.75, 3.05) is 0 Å². The van der Waals surface area contributed by atoms with Crippen molar-refractivity contribution in [1.82, 2.24) is 10.6 Å². The summed E-state index contributed by atoms with van der Waals surface area (Å²) in [6.07, 6.45) is 1.82. The van der Waals surface area contributed by atoms with Crippen LogP contribution in [-0.4, -0.2) is 23.9 Å². The molecule has 4 nitrogen and oxygen atoms in total. The predicted octanol–water partition coefficient (Wildman–Crippen LogP) is 4.02. The van der Waals surface area contributed by atoms with Crippen LogP contribution in [0.2, 0.25) is 0 Å². The van der Waals surface area contributed by atoms with Crippen LogP contribution in [-0.2, 0) is 0 Å². The van der Waals surface area contributed by atoms with Crippen molar-refractivity contribution in [3.8, 4) is 0 Å². The Balaban J connectivity index is 2.83. The van der Waals surface area contributed by atoms with Gasteiger partial charge in [0.15, 0.2) is 0 Å². The Hall–Kier alpha value is -1.84. The molecule has 2 atom stereocenters. The Bertz CT molecular complexity index is 503. The van der Waals surface area contributed by atoms with E-state index in [9.17, 15) is 9.59 Å². The standard InChI is InChI=1S/C20H32N2O2/c1-13(2)11-15(5)21-19(23)17-9-7-8-10-18(17)20(24)22-16(6)12-14(3)4/h7-10,13-16H,11-12H2,1-6H3,(H,21,23)(H,22,24)/t15-,16-/m1/s1. The summed E-state index contributed by atoms with van der Waals surface area (Å²) in [6.45, 7) is 12.5. The molecule has 1 rings (SSSR count). The van der Waals surface area contributed by atoms with Crippen LogP contribution in [0, 0.1) is 11.8 Å². The molecule has 0 spiro atoms. The number of amides is 2. The maximum Gasteiger partial charge on any atom is 0.252 e. The van der Waals surface area contributed by atoms with Gasteiger partial charge >= 0.3 is 0 Å².